The molecule has 0 N–H and O–H groups in total. The Morgan fingerprint density at radius 2 is 2.50 bits per heavy atom. The van der Waals surface area contributed by atoms with Crippen molar-refractivity contribution >= 4 is 17.9 Å². The molecule has 8 heavy (non-hydrogen) atoms. The van der Waals surface area contributed by atoms with Gasteiger partial charge in [0.1, 0.15) is 0 Å². The highest BCUT2D eigenvalue weighted by Gasteiger charge is 1.98. The summed E-state index contributed by atoms with van der Waals surface area (Å²) < 4.78 is 4.61. The van der Waals surface area contributed by atoms with Gasteiger partial charge in [0.25, 0.3) is 0 Å². The smallest absolute Gasteiger partial charge is 0.186 e. The molecule has 0 fully saturated rings. The van der Waals surface area contributed by atoms with Gasteiger partial charge in [0.15, 0.2) is 12.0 Å². The Kier molecular flexibility index (Phi) is 1.35. The van der Waals surface area contributed by atoms with Crippen molar-refractivity contribution in [1.29, 1.82) is 0 Å². The molecule has 0 unspecified atom stereocenters. The maximum atomic E-state index is 9.91. The molecule has 1 aromatic heterocycles. The number of aldehydes is 1. The first-order valence-electron chi connectivity index (χ1n) is 2.03. The molecule has 0 atom stereocenters. The molecular weight excluding hydrogens is 128 g/mol. The van der Waals surface area contributed by atoms with Crippen molar-refractivity contribution in [2.24, 2.45) is 0 Å². The summed E-state index contributed by atoms with van der Waals surface area (Å²) in [6.45, 7) is 0. The Labute approximate surface area is 51.1 Å². The van der Waals surface area contributed by atoms with Crippen LogP contribution in [0.25, 0.3) is 0 Å². The Morgan fingerprint density at radius 1 is 1.75 bits per heavy atom. The van der Waals surface area contributed by atoms with Crippen LogP contribution in [0.3, 0.4) is 0 Å². The van der Waals surface area contributed by atoms with Gasteiger partial charge in [-0.05, 0) is 6.07 Å². The van der Waals surface area contributed by atoms with Gasteiger partial charge in [0.05, 0.1) is 11.3 Å². The van der Waals surface area contributed by atoms with E-state index >= 15 is 0 Å². The molecule has 42 valence electrons. The molecule has 0 radical (unpaired) electrons. The molecule has 0 saturated heterocycles. The van der Waals surface area contributed by atoms with Crippen molar-refractivity contribution in [3.63, 3.8) is 0 Å². The molecule has 0 spiro atoms. The number of carbonyl (C=O) groups excluding carboxylic acids is 1. The van der Waals surface area contributed by atoms with E-state index < -0.39 is 0 Å². The fourth-order valence-electron chi connectivity index (χ4n) is 0.390. The summed E-state index contributed by atoms with van der Waals surface area (Å²) in [5.41, 5.74) is 0. The van der Waals surface area contributed by atoms with E-state index in [1.807, 2.05) is 0 Å². The van der Waals surface area contributed by atoms with E-state index in [1.165, 1.54) is 12.3 Å². The summed E-state index contributed by atoms with van der Waals surface area (Å²) in [7, 11) is 0. The summed E-state index contributed by atoms with van der Waals surface area (Å²) in [5.74, 6) is 0.187. The van der Waals surface area contributed by atoms with Crippen LogP contribution in [-0.4, -0.2) is 6.29 Å². The largest absolute Gasteiger partial charge is 0.460 e. The molecule has 1 rings (SSSR count). The minimum atomic E-state index is 0.187. The van der Waals surface area contributed by atoms with Crippen LogP contribution in [0, 0.1) is 0 Å². The number of rotatable bonds is 1. The first kappa shape index (κ1) is 5.38. The van der Waals surface area contributed by atoms with Crippen LogP contribution in [0.15, 0.2) is 16.7 Å². The van der Waals surface area contributed by atoms with E-state index in [4.69, 9.17) is 11.6 Å². The maximum absolute atomic E-state index is 9.91. The summed E-state index contributed by atoms with van der Waals surface area (Å²) in [4.78, 5) is 9.91. The maximum Gasteiger partial charge on any atom is 0.186 e. The quantitative estimate of drug-likeness (QED) is 0.542. The molecule has 1 aromatic rings. The van der Waals surface area contributed by atoms with E-state index in [9.17, 15) is 4.79 Å². The predicted octanol–water partition coefficient (Wildman–Crippen LogP) is 1.75. The monoisotopic (exact) mass is 130 g/mol. The molecule has 2 nitrogen and oxygen atoms in total. The van der Waals surface area contributed by atoms with E-state index in [1.54, 1.807) is 0 Å². The zero-order chi connectivity index (χ0) is 5.98. The summed E-state index contributed by atoms with van der Waals surface area (Å²) in [6.07, 6.45) is 1.94. The number of furan rings is 1. The topological polar surface area (TPSA) is 30.2 Å². The standard InChI is InChI=1S/C5H3ClO2/c6-4-1-2-8-5(4)3-7/h1-3H. The third-order valence-electron chi connectivity index (χ3n) is 0.752. The van der Waals surface area contributed by atoms with Crippen LogP contribution >= 0.6 is 11.6 Å². The molecule has 1 heterocycles. The van der Waals surface area contributed by atoms with Gasteiger partial charge in [-0.3, -0.25) is 4.79 Å². The van der Waals surface area contributed by atoms with E-state index in [0.717, 1.165) is 0 Å². The third-order valence-corrected chi connectivity index (χ3v) is 1.06. The molecule has 3 heteroatoms. The average Bonchev–Trinajstić information content (AvgIpc) is 2.14. The fraction of sp³-hybridized carbons (Fsp3) is 0. The fourth-order valence-corrected chi connectivity index (χ4v) is 0.530. The van der Waals surface area contributed by atoms with Crippen LogP contribution < -0.4 is 0 Å². The highest BCUT2D eigenvalue weighted by molar-refractivity contribution is 6.32. The predicted molar refractivity (Wildman–Crippen MR) is 29.1 cm³/mol. The van der Waals surface area contributed by atoms with Gasteiger partial charge >= 0.3 is 0 Å². The number of hydrogen-bond acceptors (Lipinski definition) is 2. The van der Waals surface area contributed by atoms with Crippen molar-refractivity contribution in [2.45, 2.75) is 0 Å². The van der Waals surface area contributed by atoms with Gasteiger partial charge in [-0.1, -0.05) is 11.6 Å². The molecule has 0 aliphatic carbocycles. The first-order valence-corrected chi connectivity index (χ1v) is 2.40. The number of halogens is 1. The van der Waals surface area contributed by atoms with Crippen molar-refractivity contribution in [3.8, 4) is 0 Å². The minimum Gasteiger partial charge on any atom is -0.460 e. The van der Waals surface area contributed by atoms with Crippen LogP contribution in [0.2, 0.25) is 5.02 Å². The second-order valence-electron chi connectivity index (χ2n) is 1.25. The van der Waals surface area contributed by atoms with E-state index in [-0.39, 0.29) is 5.76 Å². The third kappa shape index (κ3) is 0.746. The Balaban J connectivity index is 3.09. The van der Waals surface area contributed by atoms with Crippen LogP contribution in [0.1, 0.15) is 10.6 Å². The van der Waals surface area contributed by atoms with Gasteiger partial charge in [-0.2, -0.15) is 0 Å². The Hall–Kier alpha value is -0.760. The summed E-state index contributed by atoms with van der Waals surface area (Å²) in [6, 6.07) is 1.52. The molecule has 0 amide bonds. The van der Waals surface area contributed by atoms with E-state index in [0.29, 0.717) is 11.3 Å². The summed E-state index contributed by atoms with van der Waals surface area (Å²) >= 11 is 5.41. The average molecular weight is 131 g/mol. The zero-order valence-corrected chi connectivity index (χ0v) is 4.68. The second-order valence-corrected chi connectivity index (χ2v) is 1.66. The van der Waals surface area contributed by atoms with Crippen LogP contribution in [-0.2, 0) is 0 Å². The van der Waals surface area contributed by atoms with Crippen molar-refractivity contribution in [1.82, 2.24) is 0 Å². The Morgan fingerprint density at radius 3 is 2.75 bits per heavy atom. The second kappa shape index (κ2) is 2.01. The SMILES string of the molecule is O=Cc1occc1Cl. The van der Waals surface area contributed by atoms with Crippen molar-refractivity contribution < 1.29 is 9.21 Å². The van der Waals surface area contributed by atoms with Gasteiger partial charge < -0.3 is 4.42 Å². The highest BCUT2D eigenvalue weighted by Crippen LogP contribution is 2.13. The lowest BCUT2D eigenvalue weighted by molar-refractivity contribution is 0.110. The first-order chi connectivity index (χ1) is 3.84. The van der Waals surface area contributed by atoms with Crippen LogP contribution in [0.4, 0.5) is 0 Å². The molecule has 0 aromatic carbocycles. The molecular formula is C5H3ClO2. The summed E-state index contributed by atoms with van der Waals surface area (Å²) in [5, 5.41) is 0.361. The lowest BCUT2D eigenvalue weighted by atomic mass is 10.5. The van der Waals surface area contributed by atoms with Crippen LogP contribution in [0.5, 0.6) is 0 Å². The Bertz CT molecular complexity index is 192. The van der Waals surface area contributed by atoms with Gasteiger partial charge in [0.2, 0.25) is 0 Å². The van der Waals surface area contributed by atoms with E-state index in [2.05, 4.69) is 4.42 Å². The zero-order valence-electron chi connectivity index (χ0n) is 3.93. The van der Waals surface area contributed by atoms with Crippen molar-refractivity contribution in [3.05, 3.63) is 23.1 Å². The van der Waals surface area contributed by atoms with Gasteiger partial charge in [-0.25, -0.2) is 0 Å². The lowest BCUT2D eigenvalue weighted by Crippen LogP contribution is -1.69. The highest BCUT2D eigenvalue weighted by atomic mass is 35.5. The molecule has 0 aliphatic heterocycles. The lowest BCUT2D eigenvalue weighted by Gasteiger charge is -1.75. The normalized spacial score (nSPS) is 9.12. The number of hydrogen-bond donors (Lipinski definition) is 0. The molecule has 0 bridgehead atoms. The van der Waals surface area contributed by atoms with Gasteiger partial charge in [0, 0.05) is 0 Å². The minimum absolute atomic E-state index is 0.187. The molecule has 0 aliphatic rings. The van der Waals surface area contributed by atoms with Gasteiger partial charge in [-0.15, -0.1) is 0 Å². The number of carbonyl (C=O) groups is 1. The molecule has 0 saturated carbocycles. The van der Waals surface area contributed by atoms with Crippen molar-refractivity contribution in [2.75, 3.05) is 0 Å².